The van der Waals surface area contributed by atoms with E-state index in [1.54, 1.807) is 30.3 Å². The van der Waals surface area contributed by atoms with E-state index in [2.05, 4.69) is 6.92 Å². The highest BCUT2D eigenvalue weighted by atomic mass is 35.5. The zero-order chi connectivity index (χ0) is 22.4. The molecule has 0 unspecified atom stereocenters. The molecule has 0 aliphatic heterocycles. The van der Waals surface area contributed by atoms with E-state index in [0.717, 1.165) is 12.0 Å². The third-order valence-corrected chi connectivity index (χ3v) is 7.28. The number of aryl methyl sites for hydroxylation is 1. The highest BCUT2D eigenvalue weighted by molar-refractivity contribution is 7.89. The number of benzene rings is 3. The molecule has 1 amide bonds. The zero-order valence-electron chi connectivity index (χ0n) is 17.2. The fourth-order valence-corrected chi connectivity index (χ4v) is 5.13. The van der Waals surface area contributed by atoms with Gasteiger partial charge in [-0.25, -0.2) is 8.42 Å². The van der Waals surface area contributed by atoms with Crippen molar-refractivity contribution >= 4 is 27.5 Å². The minimum absolute atomic E-state index is 0.0559. The van der Waals surface area contributed by atoms with Crippen molar-refractivity contribution < 1.29 is 13.2 Å². The van der Waals surface area contributed by atoms with Crippen LogP contribution in [0.25, 0.3) is 0 Å². The van der Waals surface area contributed by atoms with Crippen LogP contribution in [0.3, 0.4) is 0 Å². The Labute approximate surface area is 188 Å². The molecule has 1 atom stereocenters. The van der Waals surface area contributed by atoms with Gasteiger partial charge in [0.25, 0.3) is 0 Å². The summed E-state index contributed by atoms with van der Waals surface area (Å²) in [5.41, 5.74) is 8.41. The fraction of sp³-hybridized carbons (Fsp3) is 0.208. The molecule has 0 saturated carbocycles. The number of carbonyl (C=O) groups excluding carboxylic acids is 1. The van der Waals surface area contributed by atoms with Crippen molar-refractivity contribution in [2.75, 3.05) is 6.54 Å². The molecule has 2 N–H and O–H groups in total. The maximum atomic E-state index is 13.6. The predicted molar refractivity (Wildman–Crippen MR) is 123 cm³/mol. The minimum Gasteiger partial charge on any atom is -0.368 e. The lowest BCUT2D eigenvalue weighted by atomic mass is 10.0. The smallest absolute Gasteiger partial charge is 0.244 e. The van der Waals surface area contributed by atoms with E-state index in [-0.39, 0.29) is 11.4 Å². The molecular weight excluding hydrogens is 432 g/mol. The average Bonchev–Trinajstić information content (AvgIpc) is 2.77. The van der Waals surface area contributed by atoms with Crippen LogP contribution in [0.1, 0.15) is 29.7 Å². The van der Waals surface area contributed by atoms with Crippen molar-refractivity contribution in [3.05, 3.63) is 101 Å². The van der Waals surface area contributed by atoms with E-state index in [4.69, 9.17) is 17.3 Å². The van der Waals surface area contributed by atoms with E-state index in [9.17, 15) is 13.2 Å². The zero-order valence-corrected chi connectivity index (χ0v) is 18.8. The van der Waals surface area contributed by atoms with Crippen LogP contribution in [0, 0.1) is 0 Å². The van der Waals surface area contributed by atoms with Gasteiger partial charge in [-0.05, 0) is 53.8 Å². The molecule has 0 heterocycles. The molecule has 0 aromatic heterocycles. The molecule has 5 nitrogen and oxygen atoms in total. The molecule has 31 heavy (non-hydrogen) atoms. The molecule has 0 spiro atoms. The van der Waals surface area contributed by atoms with Gasteiger partial charge in [-0.15, -0.1) is 0 Å². The average molecular weight is 457 g/mol. The number of nitrogens with zero attached hydrogens (tertiary/aromatic N) is 1. The Balaban J connectivity index is 2.01. The van der Waals surface area contributed by atoms with Gasteiger partial charge in [-0.1, -0.05) is 73.1 Å². The van der Waals surface area contributed by atoms with Crippen molar-refractivity contribution in [1.82, 2.24) is 4.31 Å². The number of nitrogens with two attached hydrogens (primary N) is 1. The van der Waals surface area contributed by atoms with Crippen molar-refractivity contribution in [3.8, 4) is 0 Å². The second-order valence-corrected chi connectivity index (χ2v) is 9.53. The van der Waals surface area contributed by atoms with Gasteiger partial charge in [0.05, 0.1) is 4.90 Å². The maximum absolute atomic E-state index is 13.6. The number of rotatable bonds is 9. The molecule has 0 saturated heterocycles. The highest BCUT2D eigenvalue weighted by Crippen LogP contribution is 2.29. The summed E-state index contributed by atoms with van der Waals surface area (Å²) < 4.78 is 28.3. The lowest BCUT2D eigenvalue weighted by Gasteiger charge is -2.29. The van der Waals surface area contributed by atoms with Crippen LogP contribution in [-0.4, -0.2) is 25.2 Å². The van der Waals surface area contributed by atoms with Crippen molar-refractivity contribution in [1.29, 1.82) is 0 Å². The summed E-state index contributed by atoms with van der Waals surface area (Å²) in [4.78, 5) is 12.5. The monoisotopic (exact) mass is 456 g/mol. The summed E-state index contributed by atoms with van der Waals surface area (Å²) in [5.74, 6) is -0.731. The summed E-state index contributed by atoms with van der Waals surface area (Å²) in [6.07, 6.45) is 1.36. The summed E-state index contributed by atoms with van der Waals surface area (Å²) in [7, 11) is -4.02. The van der Waals surface area contributed by atoms with Gasteiger partial charge in [0.2, 0.25) is 15.9 Å². The van der Waals surface area contributed by atoms with Crippen LogP contribution in [0.4, 0.5) is 0 Å². The molecular formula is C24H25ClN2O3S. The van der Waals surface area contributed by atoms with Gasteiger partial charge in [-0.3, -0.25) is 4.79 Å². The lowest BCUT2D eigenvalue weighted by molar-refractivity contribution is -0.121. The second kappa shape index (κ2) is 10.1. The summed E-state index contributed by atoms with van der Waals surface area (Å²) >= 11 is 5.93. The molecule has 0 bridgehead atoms. The maximum Gasteiger partial charge on any atom is 0.244 e. The Morgan fingerprint density at radius 2 is 1.52 bits per heavy atom. The standard InChI is InChI=1S/C24H25ClN2O3S/c1-2-18-8-10-19(11-9-18)16-17-27(23(24(26)28)20-6-4-3-5-7-20)31(29,30)22-14-12-21(25)13-15-22/h3-15,23H,2,16-17H2,1H3,(H2,26,28)/t23-/m1/s1. The summed E-state index contributed by atoms with van der Waals surface area (Å²) in [6, 6.07) is 21.5. The van der Waals surface area contributed by atoms with Crippen molar-refractivity contribution in [2.45, 2.75) is 30.7 Å². The molecule has 0 fully saturated rings. The van der Waals surface area contributed by atoms with Gasteiger partial charge in [0, 0.05) is 11.6 Å². The number of amides is 1. The highest BCUT2D eigenvalue weighted by Gasteiger charge is 2.35. The number of hydrogen-bond acceptors (Lipinski definition) is 3. The number of hydrogen-bond donors (Lipinski definition) is 1. The number of primary amides is 1. The first-order valence-electron chi connectivity index (χ1n) is 10.0. The van der Waals surface area contributed by atoms with Crippen LogP contribution in [0.5, 0.6) is 0 Å². The molecule has 0 radical (unpaired) electrons. The molecule has 0 aliphatic carbocycles. The molecule has 3 aromatic rings. The molecule has 0 aliphatic rings. The van der Waals surface area contributed by atoms with Crippen molar-refractivity contribution in [2.24, 2.45) is 5.73 Å². The van der Waals surface area contributed by atoms with E-state index >= 15 is 0 Å². The van der Waals surface area contributed by atoms with Gasteiger partial charge < -0.3 is 5.73 Å². The number of sulfonamides is 1. The van der Waals surface area contributed by atoms with Crippen LogP contribution >= 0.6 is 11.6 Å². The van der Waals surface area contributed by atoms with Gasteiger partial charge in [0.1, 0.15) is 6.04 Å². The van der Waals surface area contributed by atoms with E-state index < -0.39 is 22.0 Å². The Kier molecular flexibility index (Phi) is 7.49. The Morgan fingerprint density at radius 1 is 0.935 bits per heavy atom. The Bertz CT molecular complexity index is 1120. The van der Waals surface area contributed by atoms with Gasteiger partial charge in [0.15, 0.2) is 0 Å². The molecule has 7 heteroatoms. The first kappa shape index (κ1) is 23.0. The second-order valence-electron chi connectivity index (χ2n) is 7.21. The first-order chi connectivity index (χ1) is 14.8. The molecule has 162 valence electrons. The third-order valence-electron chi connectivity index (χ3n) is 5.15. The minimum atomic E-state index is -4.02. The SMILES string of the molecule is CCc1ccc(CCN([C@@H](C(N)=O)c2ccccc2)S(=O)(=O)c2ccc(Cl)cc2)cc1. The van der Waals surface area contributed by atoms with Crippen LogP contribution in [-0.2, 0) is 27.7 Å². The van der Waals surface area contributed by atoms with E-state index in [0.29, 0.717) is 17.0 Å². The van der Waals surface area contributed by atoms with Gasteiger partial charge in [-0.2, -0.15) is 4.31 Å². The topological polar surface area (TPSA) is 80.5 Å². The van der Waals surface area contributed by atoms with E-state index in [1.165, 1.54) is 34.1 Å². The van der Waals surface area contributed by atoms with Gasteiger partial charge >= 0.3 is 0 Å². The quantitative estimate of drug-likeness (QED) is 0.519. The Hall–Kier alpha value is -2.67. The Morgan fingerprint density at radius 3 is 2.06 bits per heavy atom. The van der Waals surface area contributed by atoms with E-state index in [1.807, 2.05) is 24.3 Å². The van der Waals surface area contributed by atoms with Crippen molar-refractivity contribution in [3.63, 3.8) is 0 Å². The number of halogens is 1. The normalized spacial score (nSPS) is 12.6. The molecule has 3 aromatic carbocycles. The van der Waals surface area contributed by atoms with Crippen LogP contribution in [0.2, 0.25) is 5.02 Å². The first-order valence-corrected chi connectivity index (χ1v) is 11.8. The largest absolute Gasteiger partial charge is 0.368 e. The lowest BCUT2D eigenvalue weighted by Crippen LogP contribution is -2.42. The van der Waals surface area contributed by atoms with Crippen LogP contribution in [0.15, 0.2) is 83.8 Å². The fourth-order valence-electron chi connectivity index (χ4n) is 3.42. The summed E-state index contributed by atoms with van der Waals surface area (Å²) in [6.45, 7) is 2.17. The predicted octanol–water partition coefficient (Wildman–Crippen LogP) is 4.36. The number of carbonyl (C=O) groups is 1. The van der Waals surface area contributed by atoms with Crippen LogP contribution < -0.4 is 5.73 Å². The molecule has 3 rings (SSSR count). The third kappa shape index (κ3) is 5.53. The summed E-state index contributed by atoms with van der Waals surface area (Å²) in [5, 5.41) is 0.427.